The van der Waals surface area contributed by atoms with Crippen LogP contribution in [0.15, 0.2) is 0 Å². The number of hydrogen-bond acceptors (Lipinski definition) is 3. The molecule has 0 saturated carbocycles. The summed E-state index contributed by atoms with van der Waals surface area (Å²) in [6.07, 6.45) is 1.30. The molecule has 0 aromatic heterocycles. The van der Waals surface area contributed by atoms with Crippen LogP contribution in [-0.2, 0) is 4.74 Å². The Morgan fingerprint density at radius 1 is 1.58 bits per heavy atom. The fraction of sp³-hybridized carbons (Fsp3) is 1.00. The van der Waals surface area contributed by atoms with Gasteiger partial charge in [-0.05, 0) is 27.1 Å². The number of hydrogen-bond donors (Lipinski definition) is 0. The lowest BCUT2D eigenvalue weighted by Crippen LogP contribution is -2.35. The molecule has 12 heavy (non-hydrogen) atoms. The highest BCUT2D eigenvalue weighted by molar-refractivity contribution is 4.79. The Bertz CT molecular complexity index is 130. The number of likely N-dealkylation sites (tertiary alicyclic amines) is 1. The van der Waals surface area contributed by atoms with Gasteiger partial charge in [0.25, 0.3) is 0 Å². The summed E-state index contributed by atoms with van der Waals surface area (Å²) in [5.74, 6) is 0. The van der Waals surface area contributed by atoms with E-state index in [1.54, 1.807) is 7.11 Å². The van der Waals surface area contributed by atoms with Crippen molar-refractivity contribution in [2.45, 2.75) is 12.5 Å². The Morgan fingerprint density at radius 2 is 2.33 bits per heavy atom. The van der Waals surface area contributed by atoms with Gasteiger partial charge < -0.3 is 9.64 Å². The Morgan fingerprint density at radius 3 is 2.83 bits per heavy atom. The molecule has 0 N–H and O–H groups in total. The van der Waals surface area contributed by atoms with Gasteiger partial charge in [0.2, 0.25) is 0 Å². The third-order valence-electron chi connectivity index (χ3n) is 2.64. The average Bonchev–Trinajstić information content (AvgIpc) is 2.47. The minimum atomic E-state index is 0.741. The standard InChI is InChI=1S/C9H20N2O/c1-10-5-4-9(8-10)11(2)6-7-12-3/h9H,4-8H2,1-3H3/t9-/m1/s1. The van der Waals surface area contributed by atoms with E-state index in [2.05, 4.69) is 23.9 Å². The van der Waals surface area contributed by atoms with E-state index in [1.165, 1.54) is 19.5 Å². The van der Waals surface area contributed by atoms with Crippen LogP contribution in [-0.4, -0.2) is 63.3 Å². The Kier molecular flexibility index (Phi) is 3.98. The fourth-order valence-electron chi connectivity index (χ4n) is 1.69. The van der Waals surface area contributed by atoms with Gasteiger partial charge in [0.05, 0.1) is 6.61 Å². The van der Waals surface area contributed by atoms with Crippen molar-refractivity contribution in [1.82, 2.24) is 9.80 Å². The molecule has 1 rings (SSSR count). The van der Waals surface area contributed by atoms with E-state index in [4.69, 9.17) is 4.74 Å². The van der Waals surface area contributed by atoms with E-state index in [1.807, 2.05) is 0 Å². The summed E-state index contributed by atoms with van der Waals surface area (Å²) in [7, 11) is 6.13. The molecule has 0 bridgehead atoms. The van der Waals surface area contributed by atoms with Crippen molar-refractivity contribution in [3.63, 3.8) is 0 Å². The quantitative estimate of drug-likeness (QED) is 0.605. The summed E-state index contributed by atoms with van der Waals surface area (Å²) in [5, 5.41) is 0. The van der Waals surface area contributed by atoms with E-state index >= 15 is 0 Å². The predicted molar refractivity (Wildman–Crippen MR) is 50.4 cm³/mol. The number of methoxy groups -OCH3 is 1. The van der Waals surface area contributed by atoms with Gasteiger partial charge in [-0.1, -0.05) is 0 Å². The molecule has 1 heterocycles. The van der Waals surface area contributed by atoms with Crippen LogP contribution in [0.4, 0.5) is 0 Å². The molecular weight excluding hydrogens is 152 g/mol. The van der Waals surface area contributed by atoms with Crippen LogP contribution in [0, 0.1) is 0 Å². The Balaban J connectivity index is 2.18. The van der Waals surface area contributed by atoms with Crippen LogP contribution >= 0.6 is 0 Å². The first kappa shape index (κ1) is 9.96. The van der Waals surface area contributed by atoms with Crippen LogP contribution in [0.2, 0.25) is 0 Å². The third kappa shape index (κ3) is 2.73. The van der Waals surface area contributed by atoms with Crippen LogP contribution in [0.5, 0.6) is 0 Å². The minimum absolute atomic E-state index is 0.741. The van der Waals surface area contributed by atoms with E-state index < -0.39 is 0 Å². The zero-order valence-corrected chi connectivity index (χ0v) is 8.42. The molecule has 1 atom stereocenters. The molecule has 3 nitrogen and oxygen atoms in total. The number of nitrogens with zero attached hydrogens (tertiary/aromatic N) is 2. The molecule has 0 aromatic rings. The van der Waals surface area contributed by atoms with E-state index in [0.717, 1.165) is 19.2 Å². The molecule has 72 valence electrons. The highest BCUT2D eigenvalue weighted by Gasteiger charge is 2.22. The van der Waals surface area contributed by atoms with E-state index in [0.29, 0.717) is 0 Å². The minimum Gasteiger partial charge on any atom is -0.383 e. The molecule has 1 fully saturated rings. The van der Waals surface area contributed by atoms with Crippen molar-refractivity contribution in [3.05, 3.63) is 0 Å². The molecule has 1 aliphatic rings. The summed E-state index contributed by atoms with van der Waals surface area (Å²) < 4.78 is 5.04. The zero-order valence-electron chi connectivity index (χ0n) is 8.42. The molecule has 1 aliphatic heterocycles. The largest absolute Gasteiger partial charge is 0.383 e. The van der Waals surface area contributed by atoms with Gasteiger partial charge in [0, 0.05) is 26.2 Å². The number of ether oxygens (including phenoxy) is 1. The second-order valence-electron chi connectivity index (χ2n) is 3.68. The molecule has 0 amide bonds. The number of likely N-dealkylation sites (N-methyl/N-ethyl adjacent to an activating group) is 2. The summed E-state index contributed by atoms with van der Waals surface area (Å²) >= 11 is 0. The van der Waals surface area contributed by atoms with Crippen LogP contribution in [0.3, 0.4) is 0 Å². The second-order valence-corrected chi connectivity index (χ2v) is 3.68. The van der Waals surface area contributed by atoms with E-state index in [-0.39, 0.29) is 0 Å². The number of rotatable bonds is 4. The first-order valence-electron chi connectivity index (χ1n) is 4.61. The molecule has 3 heteroatoms. The molecule has 0 aliphatic carbocycles. The first-order valence-corrected chi connectivity index (χ1v) is 4.61. The van der Waals surface area contributed by atoms with Gasteiger partial charge in [-0.2, -0.15) is 0 Å². The lowest BCUT2D eigenvalue weighted by molar-refractivity contribution is 0.140. The SMILES string of the molecule is COCCN(C)[C@@H]1CCN(C)C1. The smallest absolute Gasteiger partial charge is 0.0589 e. The van der Waals surface area contributed by atoms with Gasteiger partial charge in [-0.25, -0.2) is 0 Å². The lowest BCUT2D eigenvalue weighted by Gasteiger charge is -2.23. The van der Waals surface area contributed by atoms with E-state index in [9.17, 15) is 0 Å². The van der Waals surface area contributed by atoms with Crippen molar-refractivity contribution < 1.29 is 4.74 Å². The van der Waals surface area contributed by atoms with Gasteiger partial charge in [0.1, 0.15) is 0 Å². The maximum absolute atomic E-state index is 5.04. The molecule has 0 aromatic carbocycles. The van der Waals surface area contributed by atoms with Gasteiger partial charge in [-0.15, -0.1) is 0 Å². The van der Waals surface area contributed by atoms with Crippen molar-refractivity contribution in [2.75, 3.05) is 47.4 Å². The van der Waals surface area contributed by atoms with Gasteiger partial charge >= 0.3 is 0 Å². The third-order valence-corrected chi connectivity index (χ3v) is 2.64. The molecular formula is C9H20N2O. The average molecular weight is 172 g/mol. The van der Waals surface area contributed by atoms with Crippen molar-refractivity contribution in [3.8, 4) is 0 Å². The van der Waals surface area contributed by atoms with Crippen molar-refractivity contribution >= 4 is 0 Å². The molecule has 0 unspecified atom stereocenters. The summed E-state index contributed by atoms with van der Waals surface area (Å²) in [4.78, 5) is 4.78. The van der Waals surface area contributed by atoms with Gasteiger partial charge in [-0.3, -0.25) is 4.90 Å². The topological polar surface area (TPSA) is 15.7 Å². The van der Waals surface area contributed by atoms with Crippen LogP contribution in [0.25, 0.3) is 0 Å². The summed E-state index contributed by atoms with van der Waals surface area (Å²) in [6.45, 7) is 4.34. The summed E-state index contributed by atoms with van der Waals surface area (Å²) in [6, 6.07) is 0.741. The molecule has 0 spiro atoms. The second kappa shape index (κ2) is 4.80. The summed E-state index contributed by atoms with van der Waals surface area (Å²) in [5.41, 5.74) is 0. The highest BCUT2D eigenvalue weighted by Crippen LogP contribution is 2.11. The predicted octanol–water partition coefficient (Wildman–Crippen LogP) is 0.269. The fourth-order valence-corrected chi connectivity index (χ4v) is 1.69. The van der Waals surface area contributed by atoms with Crippen molar-refractivity contribution in [2.24, 2.45) is 0 Å². The highest BCUT2D eigenvalue weighted by atomic mass is 16.5. The maximum atomic E-state index is 5.04. The molecule has 1 saturated heterocycles. The van der Waals surface area contributed by atoms with Gasteiger partial charge in [0.15, 0.2) is 0 Å². The normalized spacial score (nSPS) is 25.5. The Hall–Kier alpha value is -0.120. The maximum Gasteiger partial charge on any atom is 0.0589 e. The van der Waals surface area contributed by atoms with Crippen molar-refractivity contribution in [1.29, 1.82) is 0 Å². The monoisotopic (exact) mass is 172 g/mol. The zero-order chi connectivity index (χ0) is 8.97. The first-order chi connectivity index (χ1) is 5.74. The lowest BCUT2D eigenvalue weighted by atomic mass is 10.2. The van der Waals surface area contributed by atoms with Crippen LogP contribution in [0.1, 0.15) is 6.42 Å². The van der Waals surface area contributed by atoms with Crippen LogP contribution < -0.4 is 0 Å². The molecule has 0 radical (unpaired) electrons. The Labute approximate surface area is 75.3 Å².